The number of aliphatic carboxylic acids is 1. The fourth-order valence-corrected chi connectivity index (χ4v) is 1.39. The van der Waals surface area contributed by atoms with Crippen LogP contribution in [0.2, 0.25) is 0 Å². The van der Waals surface area contributed by atoms with Crippen molar-refractivity contribution in [3.8, 4) is 11.5 Å². The van der Waals surface area contributed by atoms with Gasteiger partial charge < -0.3 is 25.0 Å². The van der Waals surface area contributed by atoms with Gasteiger partial charge in [-0.15, -0.1) is 0 Å². The van der Waals surface area contributed by atoms with Crippen molar-refractivity contribution < 1.29 is 42.4 Å². The van der Waals surface area contributed by atoms with Crippen LogP contribution in [0.15, 0.2) is 24.3 Å². The van der Waals surface area contributed by atoms with E-state index in [-0.39, 0.29) is 11.5 Å². The number of rotatable bonds is 8. The van der Waals surface area contributed by atoms with Gasteiger partial charge in [0, 0.05) is 0 Å². The molecule has 134 valence electrons. The molecule has 3 N–H and O–H groups in total. The van der Waals surface area contributed by atoms with E-state index in [1.165, 1.54) is 24.3 Å². The standard InChI is InChI=1S/C14H16F3NO6/c1-13(22,12(20)21)7-18-11(19)6-23-9-4-2-3-5-10(9)24-8-14(15,16)17/h2-5,22H,6-8H2,1H3,(H,18,19)(H,20,21). The van der Waals surface area contributed by atoms with Crippen LogP contribution in [0.5, 0.6) is 11.5 Å². The number of carboxylic acids is 1. The molecule has 10 heteroatoms. The number of hydrogen-bond donors (Lipinski definition) is 3. The minimum Gasteiger partial charge on any atom is -0.480 e. The molecule has 0 saturated heterocycles. The van der Waals surface area contributed by atoms with E-state index < -0.39 is 43.4 Å². The van der Waals surface area contributed by atoms with E-state index in [2.05, 4.69) is 10.1 Å². The summed E-state index contributed by atoms with van der Waals surface area (Å²) in [5.74, 6) is -2.56. The number of carbonyl (C=O) groups excluding carboxylic acids is 1. The molecule has 1 aromatic rings. The maximum atomic E-state index is 12.2. The highest BCUT2D eigenvalue weighted by atomic mass is 19.4. The van der Waals surface area contributed by atoms with E-state index in [1.54, 1.807) is 0 Å². The van der Waals surface area contributed by atoms with E-state index >= 15 is 0 Å². The Bertz CT molecular complexity index is 588. The van der Waals surface area contributed by atoms with Crippen molar-refractivity contribution in [2.24, 2.45) is 0 Å². The lowest BCUT2D eigenvalue weighted by Crippen LogP contribution is -2.47. The van der Waals surface area contributed by atoms with E-state index in [0.717, 1.165) is 6.92 Å². The number of aliphatic hydroxyl groups is 1. The summed E-state index contributed by atoms with van der Waals surface area (Å²) in [5, 5.41) is 20.3. The van der Waals surface area contributed by atoms with Crippen molar-refractivity contribution in [3.63, 3.8) is 0 Å². The summed E-state index contributed by atoms with van der Waals surface area (Å²) in [6, 6.07) is 5.46. The summed E-state index contributed by atoms with van der Waals surface area (Å²) in [6.45, 7) is -1.67. The first-order valence-corrected chi connectivity index (χ1v) is 6.65. The number of carbonyl (C=O) groups is 2. The maximum absolute atomic E-state index is 12.2. The van der Waals surface area contributed by atoms with E-state index in [0.29, 0.717) is 0 Å². The molecule has 0 radical (unpaired) electrons. The van der Waals surface area contributed by atoms with Gasteiger partial charge in [-0.2, -0.15) is 13.2 Å². The third-order valence-electron chi connectivity index (χ3n) is 2.69. The number of carboxylic acid groups (broad SMARTS) is 1. The number of para-hydroxylation sites is 2. The van der Waals surface area contributed by atoms with E-state index in [1.807, 2.05) is 0 Å². The number of halogens is 3. The lowest BCUT2D eigenvalue weighted by Gasteiger charge is -2.18. The molecular weight excluding hydrogens is 335 g/mol. The lowest BCUT2D eigenvalue weighted by atomic mass is 10.1. The first-order chi connectivity index (χ1) is 11.0. The number of amides is 1. The molecule has 0 fully saturated rings. The van der Waals surface area contributed by atoms with Crippen molar-refractivity contribution in [2.45, 2.75) is 18.7 Å². The first kappa shape index (κ1) is 19.6. The van der Waals surface area contributed by atoms with Gasteiger partial charge in [-0.25, -0.2) is 4.79 Å². The third-order valence-corrected chi connectivity index (χ3v) is 2.69. The molecule has 0 bridgehead atoms. The minimum atomic E-state index is -4.52. The Balaban J connectivity index is 2.55. The number of nitrogens with one attached hydrogen (secondary N) is 1. The number of benzene rings is 1. The van der Waals surface area contributed by atoms with Crippen LogP contribution in [-0.4, -0.2) is 53.6 Å². The van der Waals surface area contributed by atoms with Crippen molar-refractivity contribution in [3.05, 3.63) is 24.3 Å². The fourth-order valence-electron chi connectivity index (χ4n) is 1.39. The molecule has 0 saturated carbocycles. The molecule has 0 aliphatic rings. The van der Waals surface area contributed by atoms with Gasteiger partial charge >= 0.3 is 12.1 Å². The molecule has 1 amide bonds. The smallest absolute Gasteiger partial charge is 0.422 e. The van der Waals surface area contributed by atoms with E-state index in [9.17, 15) is 27.9 Å². The highest BCUT2D eigenvalue weighted by Gasteiger charge is 2.30. The molecule has 0 aromatic heterocycles. The summed E-state index contributed by atoms with van der Waals surface area (Å²) in [7, 11) is 0. The second-order valence-electron chi connectivity index (χ2n) is 4.99. The molecule has 1 aromatic carbocycles. The maximum Gasteiger partial charge on any atom is 0.422 e. The average molecular weight is 351 g/mol. The molecule has 1 unspecified atom stereocenters. The second-order valence-corrected chi connectivity index (χ2v) is 4.99. The zero-order valence-electron chi connectivity index (χ0n) is 12.6. The third kappa shape index (κ3) is 6.73. The van der Waals surface area contributed by atoms with Crippen LogP contribution in [0.25, 0.3) is 0 Å². The molecule has 0 heterocycles. The minimum absolute atomic E-state index is 0.0816. The second kappa shape index (κ2) is 7.86. The van der Waals surface area contributed by atoms with Crippen LogP contribution in [0.4, 0.5) is 13.2 Å². The Kier molecular flexibility index (Phi) is 6.41. The Morgan fingerprint density at radius 1 is 1.17 bits per heavy atom. The monoisotopic (exact) mass is 351 g/mol. The van der Waals surface area contributed by atoms with E-state index in [4.69, 9.17) is 9.84 Å². The zero-order chi connectivity index (χ0) is 18.4. The number of ether oxygens (including phenoxy) is 2. The average Bonchev–Trinajstić information content (AvgIpc) is 2.48. The number of hydrogen-bond acceptors (Lipinski definition) is 5. The molecule has 1 atom stereocenters. The van der Waals surface area contributed by atoms with Crippen molar-refractivity contribution in [1.82, 2.24) is 5.32 Å². The molecule has 1 rings (SSSR count). The van der Waals surface area contributed by atoms with Gasteiger partial charge in [-0.05, 0) is 19.1 Å². The predicted molar refractivity (Wildman–Crippen MR) is 74.8 cm³/mol. The first-order valence-electron chi connectivity index (χ1n) is 6.65. The Morgan fingerprint density at radius 3 is 2.21 bits per heavy atom. The Morgan fingerprint density at radius 2 is 1.71 bits per heavy atom. The van der Waals surface area contributed by atoms with Gasteiger partial charge in [0.1, 0.15) is 0 Å². The van der Waals surface area contributed by atoms with Gasteiger partial charge in [0.25, 0.3) is 5.91 Å². The largest absolute Gasteiger partial charge is 0.480 e. The topological polar surface area (TPSA) is 105 Å². The fraction of sp³-hybridized carbons (Fsp3) is 0.429. The molecule has 24 heavy (non-hydrogen) atoms. The zero-order valence-corrected chi connectivity index (χ0v) is 12.6. The highest BCUT2D eigenvalue weighted by molar-refractivity contribution is 5.81. The van der Waals surface area contributed by atoms with Gasteiger partial charge in [0.15, 0.2) is 30.3 Å². The summed E-state index contributed by atoms with van der Waals surface area (Å²) >= 11 is 0. The summed E-state index contributed by atoms with van der Waals surface area (Å²) in [4.78, 5) is 22.2. The van der Waals surface area contributed by atoms with Crippen LogP contribution in [-0.2, 0) is 9.59 Å². The number of alkyl halides is 3. The van der Waals surface area contributed by atoms with Crippen LogP contribution in [0.1, 0.15) is 6.92 Å². The van der Waals surface area contributed by atoms with Gasteiger partial charge in [0.05, 0.1) is 6.54 Å². The quantitative estimate of drug-likeness (QED) is 0.644. The van der Waals surface area contributed by atoms with Crippen LogP contribution in [0.3, 0.4) is 0 Å². The SMILES string of the molecule is CC(O)(CNC(=O)COc1ccccc1OCC(F)(F)F)C(=O)O. The lowest BCUT2D eigenvalue weighted by molar-refractivity contribution is -0.156. The summed E-state index contributed by atoms with van der Waals surface area (Å²) in [6.07, 6.45) is -4.52. The van der Waals surface area contributed by atoms with Crippen molar-refractivity contribution in [1.29, 1.82) is 0 Å². The molecule has 0 aliphatic heterocycles. The van der Waals surface area contributed by atoms with Gasteiger partial charge in [0.2, 0.25) is 0 Å². The molecule has 7 nitrogen and oxygen atoms in total. The van der Waals surface area contributed by atoms with Crippen molar-refractivity contribution >= 4 is 11.9 Å². The predicted octanol–water partition coefficient (Wildman–Crippen LogP) is 0.958. The Hall–Kier alpha value is -2.49. The summed E-state index contributed by atoms with van der Waals surface area (Å²) < 4.78 is 46.1. The highest BCUT2D eigenvalue weighted by Crippen LogP contribution is 2.28. The van der Waals surface area contributed by atoms with Crippen LogP contribution in [0, 0.1) is 0 Å². The molecule has 0 spiro atoms. The van der Waals surface area contributed by atoms with Gasteiger partial charge in [-0.3, -0.25) is 4.79 Å². The van der Waals surface area contributed by atoms with Gasteiger partial charge in [-0.1, -0.05) is 12.1 Å². The van der Waals surface area contributed by atoms with Crippen LogP contribution >= 0.6 is 0 Å². The Labute approximate surface area is 135 Å². The summed E-state index contributed by atoms with van der Waals surface area (Å²) in [5.41, 5.74) is -2.15. The molecule has 0 aliphatic carbocycles. The molecular formula is C14H16F3NO6. The van der Waals surface area contributed by atoms with Crippen molar-refractivity contribution in [2.75, 3.05) is 19.8 Å². The van der Waals surface area contributed by atoms with Crippen LogP contribution < -0.4 is 14.8 Å². The normalized spacial score (nSPS) is 13.7.